The highest BCUT2D eigenvalue weighted by Crippen LogP contribution is 2.26. The maximum absolute atomic E-state index is 10.5. The SMILES string of the molecule is O=C(O)CCC(CO[N+](=O)[O-])(CO[N+](=O)[O-])CO[N+](=O)[O-]. The molecule has 14 heteroatoms. The van der Waals surface area contributed by atoms with Crippen molar-refractivity contribution in [2.75, 3.05) is 19.8 Å². The average Bonchev–Trinajstić information content (AvgIpc) is 2.36. The van der Waals surface area contributed by atoms with Gasteiger partial charge in [-0.1, -0.05) is 0 Å². The van der Waals surface area contributed by atoms with Gasteiger partial charge in [0.05, 0.1) is 0 Å². The molecule has 0 aliphatic heterocycles. The fourth-order valence-corrected chi connectivity index (χ4v) is 1.28. The number of carboxylic acids is 1. The van der Waals surface area contributed by atoms with E-state index in [0.717, 1.165) is 0 Å². The van der Waals surface area contributed by atoms with Crippen LogP contribution in [0.2, 0.25) is 0 Å². The van der Waals surface area contributed by atoms with Crippen LogP contribution in [0.3, 0.4) is 0 Å². The van der Waals surface area contributed by atoms with Crippen molar-refractivity contribution in [3.63, 3.8) is 0 Å². The van der Waals surface area contributed by atoms with Gasteiger partial charge in [0.1, 0.15) is 19.8 Å². The minimum Gasteiger partial charge on any atom is -0.481 e. The average molecular weight is 313 g/mol. The molecule has 0 saturated heterocycles. The van der Waals surface area contributed by atoms with Gasteiger partial charge in [0, 0.05) is 11.8 Å². The number of hydrogen-bond donors (Lipinski definition) is 1. The summed E-state index contributed by atoms with van der Waals surface area (Å²) in [5.41, 5.74) is -1.74. The third-order valence-corrected chi connectivity index (χ3v) is 2.30. The second-order valence-electron chi connectivity index (χ2n) is 3.88. The summed E-state index contributed by atoms with van der Waals surface area (Å²) in [6.07, 6.45) is -1.01. The van der Waals surface area contributed by atoms with Crippen molar-refractivity contribution in [3.05, 3.63) is 30.3 Å². The smallest absolute Gasteiger partial charge is 0.303 e. The third-order valence-electron chi connectivity index (χ3n) is 2.30. The Balaban J connectivity index is 5.02. The summed E-state index contributed by atoms with van der Waals surface area (Å²) in [5.74, 6) is -1.32. The molecule has 0 aliphatic rings. The predicted octanol–water partition coefficient (Wildman–Crippen LogP) is -0.537. The molecular formula is C7H11N3O11. The summed E-state index contributed by atoms with van der Waals surface area (Å²) >= 11 is 0. The third kappa shape index (κ3) is 8.73. The number of aliphatic carboxylic acids is 1. The van der Waals surface area contributed by atoms with Gasteiger partial charge in [-0.25, -0.2) is 0 Å². The van der Waals surface area contributed by atoms with Crippen molar-refractivity contribution >= 4 is 5.97 Å². The lowest BCUT2D eigenvalue weighted by Crippen LogP contribution is -2.40. The van der Waals surface area contributed by atoms with Crippen LogP contribution in [0.15, 0.2) is 0 Å². The Morgan fingerprint density at radius 3 is 1.48 bits per heavy atom. The molecule has 0 rings (SSSR count). The monoisotopic (exact) mass is 313 g/mol. The largest absolute Gasteiger partial charge is 0.481 e. The van der Waals surface area contributed by atoms with Gasteiger partial charge in [0.15, 0.2) is 0 Å². The van der Waals surface area contributed by atoms with E-state index in [1.165, 1.54) is 0 Å². The van der Waals surface area contributed by atoms with Crippen molar-refractivity contribution in [3.8, 4) is 0 Å². The number of hydrogen-bond acceptors (Lipinski definition) is 10. The lowest BCUT2D eigenvalue weighted by atomic mass is 9.86. The normalized spacial score (nSPS) is 10.5. The van der Waals surface area contributed by atoms with Crippen LogP contribution < -0.4 is 0 Å². The van der Waals surface area contributed by atoms with E-state index in [1.807, 2.05) is 0 Å². The second-order valence-corrected chi connectivity index (χ2v) is 3.88. The summed E-state index contributed by atoms with van der Waals surface area (Å²) in [5, 5.41) is 35.4. The summed E-state index contributed by atoms with van der Waals surface area (Å²) in [4.78, 5) is 53.2. The number of carbonyl (C=O) groups is 1. The molecule has 0 unspecified atom stereocenters. The van der Waals surface area contributed by atoms with E-state index in [2.05, 4.69) is 14.5 Å². The minimum atomic E-state index is -1.74. The van der Waals surface area contributed by atoms with E-state index in [4.69, 9.17) is 5.11 Å². The van der Waals surface area contributed by atoms with Crippen LogP contribution in [-0.4, -0.2) is 46.2 Å². The maximum atomic E-state index is 10.5. The molecule has 0 aromatic heterocycles. The summed E-state index contributed by atoms with van der Waals surface area (Å²) in [7, 11) is 0. The van der Waals surface area contributed by atoms with Crippen LogP contribution >= 0.6 is 0 Å². The topological polar surface area (TPSA) is 194 Å². The summed E-state index contributed by atoms with van der Waals surface area (Å²) < 4.78 is 0. The van der Waals surface area contributed by atoms with E-state index in [1.54, 1.807) is 0 Å². The van der Waals surface area contributed by atoms with Crippen LogP contribution in [0.4, 0.5) is 0 Å². The first-order valence-electron chi connectivity index (χ1n) is 5.20. The molecule has 0 atom stereocenters. The van der Waals surface area contributed by atoms with Crippen molar-refractivity contribution < 1.29 is 39.7 Å². The number of rotatable bonds is 12. The molecule has 0 spiro atoms. The Morgan fingerprint density at radius 2 is 1.24 bits per heavy atom. The standard InChI is InChI=1S/C7H11N3O11/c11-6(12)1-2-7(3-19-8(13)14,4-20-9(15)16)5-21-10(17)18/h1-5H2,(H,11,12). The Bertz CT molecular complexity index is 333. The number of carboxylic acid groups (broad SMARTS) is 1. The molecule has 0 radical (unpaired) electrons. The molecule has 0 aromatic rings. The Labute approximate surface area is 115 Å². The second kappa shape index (κ2) is 8.28. The summed E-state index contributed by atoms with van der Waals surface area (Å²) in [6, 6.07) is 0. The Kier molecular flexibility index (Phi) is 7.13. The molecular weight excluding hydrogens is 302 g/mol. The zero-order valence-corrected chi connectivity index (χ0v) is 10.4. The molecule has 0 aliphatic carbocycles. The highest BCUT2D eigenvalue weighted by Gasteiger charge is 2.35. The molecule has 1 N–H and O–H groups in total. The number of nitrogens with zero attached hydrogens (tertiary/aromatic N) is 3. The van der Waals surface area contributed by atoms with Crippen LogP contribution in [0.25, 0.3) is 0 Å². The molecule has 120 valence electrons. The van der Waals surface area contributed by atoms with E-state index >= 15 is 0 Å². The van der Waals surface area contributed by atoms with Crippen molar-refractivity contribution in [2.24, 2.45) is 5.41 Å². The van der Waals surface area contributed by atoms with E-state index in [-0.39, 0.29) is 0 Å². The Morgan fingerprint density at radius 1 is 0.905 bits per heavy atom. The van der Waals surface area contributed by atoms with Gasteiger partial charge in [-0.05, 0) is 6.42 Å². The van der Waals surface area contributed by atoms with E-state index in [9.17, 15) is 35.1 Å². The van der Waals surface area contributed by atoms with Gasteiger partial charge in [-0.2, -0.15) is 0 Å². The van der Waals surface area contributed by atoms with Gasteiger partial charge in [-0.15, -0.1) is 30.3 Å². The maximum Gasteiger partial charge on any atom is 0.303 e. The molecule has 0 amide bonds. The first-order chi connectivity index (χ1) is 9.67. The fraction of sp³-hybridized carbons (Fsp3) is 0.857. The zero-order chi connectivity index (χ0) is 16.5. The zero-order valence-electron chi connectivity index (χ0n) is 10.4. The first kappa shape index (κ1) is 18.1. The molecule has 0 saturated carbocycles. The molecule has 0 aromatic carbocycles. The van der Waals surface area contributed by atoms with E-state index < -0.39 is 59.3 Å². The van der Waals surface area contributed by atoms with Gasteiger partial charge in [-0.3, -0.25) is 4.79 Å². The molecule has 0 heterocycles. The van der Waals surface area contributed by atoms with Crippen LogP contribution in [0.1, 0.15) is 12.8 Å². The van der Waals surface area contributed by atoms with Gasteiger partial charge >= 0.3 is 5.97 Å². The van der Waals surface area contributed by atoms with Gasteiger partial charge in [0.2, 0.25) is 0 Å². The highest BCUT2D eigenvalue weighted by atomic mass is 17.0. The lowest BCUT2D eigenvalue weighted by molar-refractivity contribution is -0.782. The van der Waals surface area contributed by atoms with Crippen molar-refractivity contribution in [2.45, 2.75) is 12.8 Å². The first-order valence-corrected chi connectivity index (χ1v) is 5.20. The summed E-state index contributed by atoms with van der Waals surface area (Å²) in [6.45, 7) is -2.60. The van der Waals surface area contributed by atoms with E-state index in [0.29, 0.717) is 0 Å². The highest BCUT2D eigenvalue weighted by molar-refractivity contribution is 5.66. The van der Waals surface area contributed by atoms with Gasteiger partial charge in [0.25, 0.3) is 15.3 Å². The molecule has 21 heavy (non-hydrogen) atoms. The van der Waals surface area contributed by atoms with Crippen molar-refractivity contribution in [1.82, 2.24) is 0 Å². The Hall–Kier alpha value is -2.93. The van der Waals surface area contributed by atoms with Crippen LogP contribution in [-0.2, 0) is 19.3 Å². The quantitative estimate of drug-likeness (QED) is 0.359. The molecule has 0 fully saturated rings. The van der Waals surface area contributed by atoms with Crippen LogP contribution in [0.5, 0.6) is 0 Å². The van der Waals surface area contributed by atoms with Gasteiger partial charge < -0.3 is 19.6 Å². The van der Waals surface area contributed by atoms with Crippen molar-refractivity contribution in [1.29, 1.82) is 0 Å². The van der Waals surface area contributed by atoms with Crippen LogP contribution in [0, 0.1) is 35.8 Å². The predicted molar refractivity (Wildman–Crippen MR) is 58.1 cm³/mol. The molecule has 0 bridgehead atoms. The lowest BCUT2D eigenvalue weighted by Gasteiger charge is -2.29. The fourth-order valence-electron chi connectivity index (χ4n) is 1.28. The minimum absolute atomic E-state index is 0.433. The molecule has 14 nitrogen and oxygen atoms in total.